The van der Waals surface area contributed by atoms with E-state index in [1.807, 2.05) is 37.6 Å². The molecule has 0 bridgehead atoms. The number of hydrogen-bond donors (Lipinski definition) is 1. The van der Waals surface area contributed by atoms with E-state index in [1.54, 1.807) is 12.4 Å². The number of rotatable bonds is 4. The molecule has 0 atom stereocenters. The maximum Gasteiger partial charge on any atom is 0.224 e. The second-order valence-corrected chi connectivity index (χ2v) is 6.76. The van der Waals surface area contributed by atoms with Crippen LogP contribution in [0.15, 0.2) is 31.0 Å². The third-order valence-electron chi connectivity index (χ3n) is 4.69. The van der Waals surface area contributed by atoms with E-state index in [0.29, 0.717) is 12.0 Å². The maximum absolute atomic E-state index is 4.77. The Balaban J connectivity index is 1.75. The Morgan fingerprint density at radius 3 is 2.56 bits per heavy atom. The summed E-state index contributed by atoms with van der Waals surface area (Å²) in [5, 5.41) is 3.72. The van der Waals surface area contributed by atoms with Crippen LogP contribution in [0.5, 0.6) is 0 Å². The molecule has 1 aliphatic rings. The molecule has 7 nitrogen and oxygen atoms in total. The quantitative estimate of drug-likeness (QED) is 0.789. The zero-order valence-electron chi connectivity index (χ0n) is 14.7. The highest BCUT2D eigenvalue weighted by atomic mass is 15.2. The van der Waals surface area contributed by atoms with Crippen molar-refractivity contribution >= 4 is 17.4 Å². The van der Waals surface area contributed by atoms with Crippen molar-refractivity contribution in [3.63, 3.8) is 0 Å². The fraction of sp³-hybridized carbons (Fsp3) is 0.444. The van der Waals surface area contributed by atoms with Crippen LogP contribution in [-0.4, -0.2) is 44.5 Å². The highest BCUT2D eigenvalue weighted by Crippen LogP contribution is 2.30. The lowest BCUT2D eigenvalue weighted by Crippen LogP contribution is -2.23. The summed E-state index contributed by atoms with van der Waals surface area (Å²) in [6.07, 6.45) is 15.5. The summed E-state index contributed by atoms with van der Waals surface area (Å²) in [6.45, 7) is 0. The maximum atomic E-state index is 4.77. The number of anilines is 2. The number of hydrogen-bond acceptors (Lipinski definition) is 6. The molecule has 0 saturated heterocycles. The molecule has 0 aliphatic heterocycles. The Labute approximate surface area is 147 Å². The first-order valence-corrected chi connectivity index (χ1v) is 8.81. The molecule has 0 radical (unpaired) electrons. The third kappa shape index (κ3) is 3.14. The first kappa shape index (κ1) is 15.8. The summed E-state index contributed by atoms with van der Waals surface area (Å²) in [4.78, 5) is 19.7. The zero-order chi connectivity index (χ0) is 17.2. The van der Waals surface area contributed by atoms with Gasteiger partial charge in [0.15, 0.2) is 5.65 Å². The van der Waals surface area contributed by atoms with Crippen molar-refractivity contribution < 1.29 is 0 Å². The molecule has 0 spiro atoms. The van der Waals surface area contributed by atoms with Crippen LogP contribution in [0.4, 0.5) is 11.8 Å². The molecule has 0 aromatic carbocycles. The SMILES string of the molecule is CN(C)c1ncc(-c2nc3cnccn3c2NC2CCCCC2)cn1. The van der Waals surface area contributed by atoms with Crippen LogP contribution in [0.25, 0.3) is 16.9 Å². The van der Waals surface area contributed by atoms with Gasteiger partial charge in [-0.2, -0.15) is 0 Å². The normalized spacial score (nSPS) is 15.4. The molecule has 0 amide bonds. The lowest BCUT2D eigenvalue weighted by atomic mass is 9.95. The van der Waals surface area contributed by atoms with Crippen LogP contribution in [0.2, 0.25) is 0 Å². The minimum Gasteiger partial charge on any atom is -0.367 e. The molecule has 3 aromatic heterocycles. The molecule has 130 valence electrons. The van der Waals surface area contributed by atoms with E-state index >= 15 is 0 Å². The molecule has 1 saturated carbocycles. The lowest BCUT2D eigenvalue weighted by molar-refractivity contribution is 0.461. The fourth-order valence-corrected chi connectivity index (χ4v) is 3.36. The molecule has 1 fully saturated rings. The molecule has 4 rings (SSSR count). The van der Waals surface area contributed by atoms with Gasteiger partial charge in [-0.3, -0.25) is 9.38 Å². The topological polar surface area (TPSA) is 71.2 Å². The van der Waals surface area contributed by atoms with Crippen molar-refractivity contribution in [1.82, 2.24) is 24.3 Å². The standard InChI is InChI=1S/C18H23N7/c1-24(2)18-20-10-13(11-21-18)16-17(22-14-6-4-3-5-7-14)25-9-8-19-12-15(25)23-16/h8-12,14,22H,3-7H2,1-2H3. The molecule has 0 unspecified atom stereocenters. The number of aromatic nitrogens is 5. The first-order valence-electron chi connectivity index (χ1n) is 8.81. The van der Waals surface area contributed by atoms with Gasteiger partial charge in [-0.1, -0.05) is 19.3 Å². The fourth-order valence-electron chi connectivity index (χ4n) is 3.36. The summed E-state index contributed by atoms with van der Waals surface area (Å²) in [5.41, 5.74) is 2.61. The highest BCUT2D eigenvalue weighted by Gasteiger charge is 2.20. The summed E-state index contributed by atoms with van der Waals surface area (Å²) in [7, 11) is 3.86. The van der Waals surface area contributed by atoms with Crippen molar-refractivity contribution in [3.8, 4) is 11.3 Å². The van der Waals surface area contributed by atoms with Crippen LogP contribution >= 0.6 is 0 Å². The Bertz CT molecular complexity index is 847. The monoisotopic (exact) mass is 337 g/mol. The van der Waals surface area contributed by atoms with Crippen molar-refractivity contribution in [2.24, 2.45) is 0 Å². The smallest absolute Gasteiger partial charge is 0.224 e. The predicted octanol–water partition coefficient (Wildman–Crippen LogP) is 3.00. The van der Waals surface area contributed by atoms with E-state index in [0.717, 1.165) is 22.7 Å². The van der Waals surface area contributed by atoms with E-state index in [9.17, 15) is 0 Å². The van der Waals surface area contributed by atoms with Crippen LogP contribution < -0.4 is 10.2 Å². The van der Waals surface area contributed by atoms with Gasteiger partial charge in [0.2, 0.25) is 5.95 Å². The Morgan fingerprint density at radius 2 is 1.84 bits per heavy atom. The molecule has 7 heteroatoms. The average Bonchev–Trinajstić information content (AvgIpc) is 3.01. The molecule has 3 heterocycles. The number of nitrogens with zero attached hydrogens (tertiary/aromatic N) is 6. The summed E-state index contributed by atoms with van der Waals surface area (Å²) < 4.78 is 2.07. The largest absolute Gasteiger partial charge is 0.367 e. The van der Waals surface area contributed by atoms with E-state index in [4.69, 9.17) is 4.98 Å². The minimum absolute atomic E-state index is 0.488. The van der Waals surface area contributed by atoms with Gasteiger partial charge in [-0.05, 0) is 12.8 Å². The minimum atomic E-state index is 0.488. The molecule has 1 aliphatic carbocycles. The summed E-state index contributed by atoms with van der Waals surface area (Å²) in [5.74, 6) is 1.70. The molecular weight excluding hydrogens is 314 g/mol. The van der Waals surface area contributed by atoms with E-state index in [-0.39, 0.29) is 0 Å². The Kier molecular flexibility index (Phi) is 4.21. The summed E-state index contributed by atoms with van der Waals surface area (Å²) >= 11 is 0. The van der Waals surface area contributed by atoms with Gasteiger partial charge < -0.3 is 10.2 Å². The predicted molar refractivity (Wildman–Crippen MR) is 98.8 cm³/mol. The van der Waals surface area contributed by atoms with Gasteiger partial charge >= 0.3 is 0 Å². The van der Waals surface area contributed by atoms with Gasteiger partial charge in [0.25, 0.3) is 0 Å². The van der Waals surface area contributed by atoms with Crippen LogP contribution in [0, 0.1) is 0 Å². The molecule has 3 aromatic rings. The van der Waals surface area contributed by atoms with Gasteiger partial charge in [0, 0.05) is 50.5 Å². The molecule has 25 heavy (non-hydrogen) atoms. The van der Waals surface area contributed by atoms with Crippen molar-refractivity contribution in [2.75, 3.05) is 24.3 Å². The van der Waals surface area contributed by atoms with Crippen LogP contribution in [0.1, 0.15) is 32.1 Å². The Hall–Kier alpha value is -2.70. The second-order valence-electron chi connectivity index (χ2n) is 6.76. The van der Waals surface area contributed by atoms with E-state index < -0.39 is 0 Å². The van der Waals surface area contributed by atoms with Crippen LogP contribution in [0.3, 0.4) is 0 Å². The third-order valence-corrected chi connectivity index (χ3v) is 4.69. The number of nitrogens with one attached hydrogen (secondary N) is 1. The molecule has 1 N–H and O–H groups in total. The van der Waals surface area contributed by atoms with Gasteiger partial charge in [0.05, 0.1) is 6.20 Å². The highest BCUT2D eigenvalue weighted by molar-refractivity contribution is 5.75. The second kappa shape index (κ2) is 6.66. The number of fused-ring (bicyclic) bond motifs is 1. The van der Waals surface area contributed by atoms with Crippen molar-refractivity contribution in [3.05, 3.63) is 31.0 Å². The van der Waals surface area contributed by atoms with Gasteiger partial charge in [-0.25, -0.2) is 15.0 Å². The van der Waals surface area contributed by atoms with Gasteiger partial charge in [0.1, 0.15) is 11.5 Å². The average molecular weight is 337 g/mol. The Morgan fingerprint density at radius 1 is 1.08 bits per heavy atom. The van der Waals surface area contributed by atoms with Crippen LogP contribution in [-0.2, 0) is 0 Å². The lowest BCUT2D eigenvalue weighted by Gasteiger charge is -2.24. The van der Waals surface area contributed by atoms with E-state index in [2.05, 4.69) is 24.7 Å². The van der Waals surface area contributed by atoms with E-state index in [1.165, 1.54) is 32.1 Å². The summed E-state index contributed by atoms with van der Waals surface area (Å²) in [6, 6.07) is 0.488. The van der Waals surface area contributed by atoms with Crippen molar-refractivity contribution in [1.29, 1.82) is 0 Å². The van der Waals surface area contributed by atoms with Crippen molar-refractivity contribution in [2.45, 2.75) is 38.1 Å². The molecular formula is C18H23N7. The first-order chi connectivity index (χ1) is 12.2. The number of imidazole rings is 1. The van der Waals surface area contributed by atoms with Gasteiger partial charge in [-0.15, -0.1) is 0 Å². The zero-order valence-corrected chi connectivity index (χ0v) is 14.7.